The topological polar surface area (TPSA) is 95.9 Å². The molecule has 2 rings (SSSR count). The van der Waals surface area contributed by atoms with Crippen molar-refractivity contribution in [1.82, 2.24) is 5.32 Å². The SMILES string of the molecule is CCOc1cc(/C=C(/NC(=O)c2ccccc2)C(=O)O)cc(Cl)c1O. The van der Waals surface area contributed by atoms with Gasteiger partial charge in [-0.1, -0.05) is 29.8 Å². The van der Waals surface area contributed by atoms with Crippen molar-refractivity contribution in [1.29, 1.82) is 0 Å². The van der Waals surface area contributed by atoms with E-state index in [0.29, 0.717) is 17.7 Å². The van der Waals surface area contributed by atoms with Gasteiger partial charge in [-0.15, -0.1) is 0 Å². The molecule has 1 amide bonds. The average Bonchev–Trinajstić information content (AvgIpc) is 2.59. The Morgan fingerprint density at radius 3 is 2.52 bits per heavy atom. The van der Waals surface area contributed by atoms with E-state index in [1.54, 1.807) is 37.3 Å². The number of aromatic hydroxyl groups is 1. The Balaban J connectivity index is 2.34. The predicted molar refractivity (Wildman–Crippen MR) is 93.8 cm³/mol. The molecule has 0 radical (unpaired) electrons. The van der Waals surface area contributed by atoms with Crippen LogP contribution in [0.1, 0.15) is 22.8 Å². The van der Waals surface area contributed by atoms with Crippen LogP contribution in [0.4, 0.5) is 0 Å². The summed E-state index contributed by atoms with van der Waals surface area (Å²) in [5.41, 5.74) is 0.350. The first-order valence-corrected chi connectivity index (χ1v) is 7.77. The van der Waals surface area contributed by atoms with Gasteiger partial charge in [0.05, 0.1) is 11.6 Å². The summed E-state index contributed by atoms with van der Waals surface area (Å²) in [5.74, 6) is -1.97. The highest BCUT2D eigenvalue weighted by molar-refractivity contribution is 6.32. The standard InChI is InChI=1S/C18H16ClNO5/c1-2-25-15-10-11(8-13(19)16(15)21)9-14(18(23)24)20-17(22)12-6-4-3-5-7-12/h3-10,21H,2H2,1H3,(H,20,22)(H,23,24)/b14-9+. The number of carbonyl (C=O) groups excluding carboxylic acids is 1. The van der Waals surface area contributed by atoms with Crippen LogP contribution in [0.3, 0.4) is 0 Å². The van der Waals surface area contributed by atoms with Crippen LogP contribution < -0.4 is 10.1 Å². The summed E-state index contributed by atoms with van der Waals surface area (Å²) < 4.78 is 5.25. The molecule has 0 fully saturated rings. The van der Waals surface area contributed by atoms with Gasteiger partial charge in [0, 0.05) is 5.56 Å². The zero-order valence-corrected chi connectivity index (χ0v) is 14.1. The normalized spacial score (nSPS) is 11.0. The Hall–Kier alpha value is -2.99. The molecule has 0 atom stereocenters. The summed E-state index contributed by atoms with van der Waals surface area (Å²) >= 11 is 5.93. The Kier molecular flexibility index (Phi) is 6.03. The highest BCUT2D eigenvalue weighted by atomic mass is 35.5. The van der Waals surface area contributed by atoms with E-state index in [0.717, 1.165) is 0 Å². The maximum atomic E-state index is 12.1. The third-order valence-corrected chi connectivity index (χ3v) is 3.46. The lowest BCUT2D eigenvalue weighted by molar-refractivity contribution is -0.132. The van der Waals surface area contributed by atoms with Crippen molar-refractivity contribution < 1.29 is 24.5 Å². The fourth-order valence-corrected chi connectivity index (χ4v) is 2.26. The first kappa shape index (κ1) is 18.4. The number of aliphatic carboxylic acids is 1. The van der Waals surface area contributed by atoms with Gasteiger partial charge in [-0.05, 0) is 42.8 Å². The van der Waals surface area contributed by atoms with Gasteiger partial charge in [0.25, 0.3) is 5.91 Å². The molecule has 0 saturated carbocycles. The molecule has 0 aliphatic carbocycles. The number of phenolic OH excluding ortho intramolecular Hbond substituents is 1. The molecule has 25 heavy (non-hydrogen) atoms. The van der Waals surface area contributed by atoms with Crippen molar-refractivity contribution in [3.8, 4) is 11.5 Å². The molecule has 0 bridgehead atoms. The van der Waals surface area contributed by atoms with E-state index in [4.69, 9.17) is 16.3 Å². The van der Waals surface area contributed by atoms with Gasteiger partial charge in [0.15, 0.2) is 11.5 Å². The fourth-order valence-electron chi connectivity index (χ4n) is 2.04. The number of amides is 1. The number of carbonyl (C=O) groups is 2. The minimum absolute atomic E-state index is 0.0105. The molecule has 0 unspecified atom stereocenters. The number of hydrogen-bond donors (Lipinski definition) is 3. The van der Waals surface area contributed by atoms with E-state index < -0.39 is 11.9 Å². The van der Waals surface area contributed by atoms with Crippen LogP contribution in [0.2, 0.25) is 5.02 Å². The van der Waals surface area contributed by atoms with Gasteiger partial charge < -0.3 is 20.3 Å². The summed E-state index contributed by atoms with van der Waals surface area (Å²) in [7, 11) is 0. The first-order chi connectivity index (χ1) is 11.9. The molecule has 0 saturated heterocycles. The van der Waals surface area contributed by atoms with Crippen molar-refractivity contribution in [3.05, 3.63) is 64.3 Å². The van der Waals surface area contributed by atoms with E-state index in [1.807, 2.05) is 0 Å². The second kappa shape index (κ2) is 8.21. The Bertz CT molecular complexity index is 818. The molecule has 7 heteroatoms. The molecule has 2 aromatic carbocycles. The molecule has 3 N–H and O–H groups in total. The molecule has 0 aromatic heterocycles. The number of halogens is 1. The summed E-state index contributed by atoms with van der Waals surface area (Å²) in [4.78, 5) is 23.6. The maximum absolute atomic E-state index is 12.1. The number of ether oxygens (including phenoxy) is 1. The highest BCUT2D eigenvalue weighted by Crippen LogP contribution is 2.35. The smallest absolute Gasteiger partial charge is 0.352 e. The summed E-state index contributed by atoms with van der Waals surface area (Å²) in [6.45, 7) is 2.03. The van der Waals surface area contributed by atoms with Crippen LogP contribution in [0, 0.1) is 0 Å². The van der Waals surface area contributed by atoms with Gasteiger partial charge >= 0.3 is 5.97 Å². The molecular formula is C18H16ClNO5. The first-order valence-electron chi connectivity index (χ1n) is 7.39. The van der Waals surface area contributed by atoms with Gasteiger partial charge in [-0.2, -0.15) is 0 Å². The third kappa shape index (κ3) is 4.74. The molecular weight excluding hydrogens is 346 g/mol. The van der Waals surface area contributed by atoms with E-state index in [2.05, 4.69) is 5.32 Å². The molecule has 0 aliphatic rings. The number of carboxylic acid groups (broad SMARTS) is 1. The van der Waals surface area contributed by atoms with Crippen LogP contribution in [-0.4, -0.2) is 28.7 Å². The van der Waals surface area contributed by atoms with E-state index in [-0.39, 0.29) is 22.2 Å². The summed E-state index contributed by atoms with van der Waals surface area (Å²) in [5, 5.41) is 21.5. The molecule has 2 aromatic rings. The predicted octanol–water partition coefficient (Wildman–Crippen LogP) is 3.30. The van der Waals surface area contributed by atoms with Crippen molar-refractivity contribution in [3.63, 3.8) is 0 Å². The van der Waals surface area contributed by atoms with Crippen molar-refractivity contribution in [2.24, 2.45) is 0 Å². The number of phenols is 1. The van der Waals surface area contributed by atoms with Crippen LogP contribution in [0.15, 0.2) is 48.2 Å². The van der Waals surface area contributed by atoms with Crippen LogP contribution in [-0.2, 0) is 4.79 Å². The van der Waals surface area contributed by atoms with E-state index >= 15 is 0 Å². The summed E-state index contributed by atoms with van der Waals surface area (Å²) in [6.07, 6.45) is 1.23. The zero-order chi connectivity index (χ0) is 18.4. The van der Waals surface area contributed by atoms with E-state index in [9.17, 15) is 19.8 Å². The molecule has 0 heterocycles. The summed E-state index contributed by atoms with van der Waals surface area (Å²) in [6, 6.07) is 11.0. The minimum atomic E-state index is -1.31. The molecule has 0 spiro atoms. The number of rotatable bonds is 6. The van der Waals surface area contributed by atoms with Crippen LogP contribution in [0.25, 0.3) is 6.08 Å². The largest absolute Gasteiger partial charge is 0.503 e. The lowest BCUT2D eigenvalue weighted by atomic mass is 10.1. The van der Waals surface area contributed by atoms with Crippen LogP contribution in [0.5, 0.6) is 11.5 Å². The Labute approximate surface area is 149 Å². The van der Waals surface area contributed by atoms with Crippen molar-refractivity contribution in [2.45, 2.75) is 6.92 Å². The molecule has 6 nitrogen and oxygen atoms in total. The van der Waals surface area contributed by atoms with E-state index in [1.165, 1.54) is 18.2 Å². The monoisotopic (exact) mass is 361 g/mol. The van der Waals surface area contributed by atoms with Gasteiger partial charge in [-0.25, -0.2) is 4.79 Å². The number of carboxylic acids is 1. The quantitative estimate of drug-likeness (QED) is 0.686. The maximum Gasteiger partial charge on any atom is 0.352 e. The average molecular weight is 362 g/mol. The van der Waals surface area contributed by atoms with Crippen LogP contribution >= 0.6 is 11.6 Å². The molecule has 130 valence electrons. The van der Waals surface area contributed by atoms with Crippen molar-refractivity contribution >= 4 is 29.6 Å². The fraction of sp³-hybridized carbons (Fsp3) is 0.111. The molecule has 0 aliphatic heterocycles. The third-order valence-electron chi connectivity index (χ3n) is 3.18. The number of hydrogen-bond acceptors (Lipinski definition) is 4. The zero-order valence-electron chi connectivity index (χ0n) is 13.3. The highest BCUT2D eigenvalue weighted by Gasteiger charge is 2.15. The number of nitrogens with one attached hydrogen (secondary N) is 1. The lowest BCUT2D eigenvalue weighted by Gasteiger charge is -2.10. The second-order valence-electron chi connectivity index (χ2n) is 4.97. The second-order valence-corrected chi connectivity index (χ2v) is 5.37. The Morgan fingerprint density at radius 2 is 1.92 bits per heavy atom. The van der Waals surface area contributed by atoms with Gasteiger partial charge in [-0.3, -0.25) is 4.79 Å². The van der Waals surface area contributed by atoms with Crippen molar-refractivity contribution in [2.75, 3.05) is 6.61 Å². The minimum Gasteiger partial charge on any atom is -0.503 e. The lowest BCUT2D eigenvalue weighted by Crippen LogP contribution is -2.27. The Morgan fingerprint density at radius 1 is 1.24 bits per heavy atom. The van der Waals surface area contributed by atoms with Gasteiger partial charge in [0.1, 0.15) is 5.70 Å². The van der Waals surface area contributed by atoms with Gasteiger partial charge in [0.2, 0.25) is 0 Å². The number of benzene rings is 2.